The van der Waals surface area contributed by atoms with E-state index in [4.69, 9.17) is 0 Å². The molecule has 3 aromatic rings. The van der Waals surface area contributed by atoms with Crippen molar-refractivity contribution in [2.45, 2.75) is 34.2 Å². The summed E-state index contributed by atoms with van der Waals surface area (Å²) in [6.45, 7) is 6.99. The molecule has 0 aliphatic rings. The first-order valence-electron chi connectivity index (χ1n) is 7.95. The fraction of sp³-hybridized carbons (Fsp3) is 0.278. The minimum absolute atomic E-state index is 0.0446. The van der Waals surface area contributed by atoms with Crippen molar-refractivity contribution in [1.82, 2.24) is 25.2 Å². The fourth-order valence-corrected chi connectivity index (χ4v) is 2.89. The largest absolute Gasteiger partial charge is 0.355 e. The van der Waals surface area contributed by atoms with Gasteiger partial charge in [0.2, 0.25) is 11.6 Å². The molecule has 0 saturated carbocycles. The summed E-state index contributed by atoms with van der Waals surface area (Å²) in [4.78, 5) is 28.5. The lowest BCUT2D eigenvalue weighted by Gasteiger charge is -2.00. The zero-order valence-electron chi connectivity index (χ0n) is 14.6. The van der Waals surface area contributed by atoms with Crippen LogP contribution in [0.3, 0.4) is 0 Å². The molecule has 0 radical (unpaired) electrons. The molecule has 0 aliphatic carbocycles. The van der Waals surface area contributed by atoms with Gasteiger partial charge < -0.3 is 4.98 Å². The summed E-state index contributed by atoms with van der Waals surface area (Å²) in [5.74, 6) is 0.211. The number of nitrogens with zero attached hydrogens (tertiary/aromatic N) is 4. The second-order valence-corrected chi connectivity index (χ2v) is 6.11. The molecule has 2 heterocycles. The number of hydrogen-bond donors (Lipinski definition) is 1. The number of tetrazole rings is 1. The van der Waals surface area contributed by atoms with Gasteiger partial charge in [-0.25, -0.2) is 0 Å². The Hall–Kier alpha value is -3.09. The maximum atomic E-state index is 12.5. The number of aromatic nitrogens is 5. The fourth-order valence-electron chi connectivity index (χ4n) is 2.89. The van der Waals surface area contributed by atoms with Crippen LogP contribution in [0.5, 0.6) is 0 Å². The molecule has 7 heteroatoms. The summed E-state index contributed by atoms with van der Waals surface area (Å²) in [5, 5.41) is 12.2. The van der Waals surface area contributed by atoms with Gasteiger partial charge in [-0.05, 0) is 38.5 Å². The van der Waals surface area contributed by atoms with Crippen molar-refractivity contribution in [2.75, 3.05) is 0 Å². The summed E-state index contributed by atoms with van der Waals surface area (Å²) >= 11 is 0. The first kappa shape index (κ1) is 16.8. The number of carbonyl (C=O) groups excluding carboxylic acids is 2. The number of rotatable bonds is 5. The molecule has 0 spiro atoms. The molecule has 0 fully saturated rings. The molecular formula is C18H19N5O2. The van der Waals surface area contributed by atoms with E-state index in [0.29, 0.717) is 28.3 Å². The van der Waals surface area contributed by atoms with Gasteiger partial charge in [-0.3, -0.25) is 9.59 Å². The first-order valence-corrected chi connectivity index (χ1v) is 7.95. The molecule has 0 atom stereocenters. The maximum absolute atomic E-state index is 12.5. The number of ketones is 2. The standard InChI is InChI=1S/C18H19N5O2/c1-10-5-7-14(8-6-10)18-20-22-23(21-18)9-15(25)17-11(2)16(13(4)24)12(3)19-17/h5-8,19H,9H2,1-4H3. The molecule has 0 amide bonds. The summed E-state index contributed by atoms with van der Waals surface area (Å²) in [6, 6.07) is 7.76. The average molecular weight is 337 g/mol. The lowest BCUT2D eigenvalue weighted by Crippen LogP contribution is -2.14. The van der Waals surface area contributed by atoms with E-state index >= 15 is 0 Å². The van der Waals surface area contributed by atoms with Gasteiger partial charge in [-0.1, -0.05) is 29.8 Å². The van der Waals surface area contributed by atoms with Crippen molar-refractivity contribution in [3.63, 3.8) is 0 Å². The lowest BCUT2D eigenvalue weighted by atomic mass is 10.1. The Morgan fingerprint density at radius 1 is 1.12 bits per heavy atom. The van der Waals surface area contributed by atoms with E-state index in [9.17, 15) is 9.59 Å². The van der Waals surface area contributed by atoms with Gasteiger partial charge >= 0.3 is 0 Å². The van der Waals surface area contributed by atoms with Gasteiger partial charge in [-0.15, -0.1) is 10.2 Å². The van der Waals surface area contributed by atoms with Crippen molar-refractivity contribution in [3.05, 3.63) is 52.3 Å². The predicted molar refractivity (Wildman–Crippen MR) is 92.6 cm³/mol. The third-order valence-corrected chi connectivity index (χ3v) is 4.12. The van der Waals surface area contributed by atoms with E-state index in [1.807, 2.05) is 31.2 Å². The van der Waals surface area contributed by atoms with E-state index in [1.165, 1.54) is 11.7 Å². The van der Waals surface area contributed by atoms with Gasteiger partial charge in [0.05, 0.1) is 5.69 Å². The number of aryl methyl sites for hydroxylation is 2. The van der Waals surface area contributed by atoms with Crippen LogP contribution < -0.4 is 0 Å². The van der Waals surface area contributed by atoms with Crippen LogP contribution in [-0.2, 0) is 6.54 Å². The maximum Gasteiger partial charge on any atom is 0.204 e. The van der Waals surface area contributed by atoms with Crippen LogP contribution in [0, 0.1) is 20.8 Å². The third-order valence-electron chi connectivity index (χ3n) is 4.12. The smallest absolute Gasteiger partial charge is 0.204 e. The van der Waals surface area contributed by atoms with Crippen LogP contribution in [0.25, 0.3) is 11.4 Å². The number of carbonyl (C=O) groups is 2. The molecule has 0 saturated heterocycles. The van der Waals surface area contributed by atoms with Crippen LogP contribution in [0.1, 0.15) is 44.6 Å². The number of hydrogen-bond acceptors (Lipinski definition) is 5. The second-order valence-electron chi connectivity index (χ2n) is 6.11. The highest BCUT2D eigenvalue weighted by atomic mass is 16.1. The van der Waals surface area contributed by atoms with E-state index in [2.05, 4.69) is 20.4 Å². The minimum Gasteiger partial charge on any atom is -0.355 e. The second kappa shape index (κ2) is 6.43. The molecule has 25 heavy (non-hydrogen) atoms. The van der Waals surface area contributed by atoms with E-state index in [1.54, 1.807) is 13.8 Å². The normalized spacial score (nSPS) is 10.9. The molecule has 0 bridgehead atoms. The highest BCUT2D eigenvalue weighted by Crippen LogP contribution is 2.19. The van der Waals surface area contributed by atoms with Crippen LogP contribution in [0.15, 0.2) is 24.3 Å². The molecule has 0 unspecified atom stereocenters. The third kappa shape index (κ3) is 3.26. The predicted octanol–water partition coefficient (Wildman–Crippen LogP) is 2.68. The van der Waals surface area contributed by atoms with Crippen molar-refractivity contribution in [3.8, 4) is 11.4 Å². The average Bonchev–Trinajstić information content (AvgIpc) is 3.12. The van der Waals surface area contributed by atoms with Crippen molar-refractivity contribution in [2.24, 2.45) is 0 Å². The number of H-pyrrole nitrogens is 1. The summed E-state index contributed by atoms with van der Waals surface area (Å²) in [5.41, 5.74) is 4.32. The zero-order chi connectivity index (χ0) is 18.1. The van der Waals surface area contributed by atoms with Crippen LogP contribution >= 0.6 is 0 Å². The van der Waals surface area contributed by atoms with Gasteiger partial charge in [0.15, 0.2) is 5.78 Å². The van der Waals surface area contributed by atoms with E-state index in [-0.39, 0.29) is 18.1 Å². The molecule has 3 rings (SSSR count). The van der Waals surface area contributed by atoms with Crippen LogP contribution in [0.4, 0.5) is 0 Å². The molecule has 1 aromatic carbocycles. The SMILES string of the molecule is CC(=O)c1c(C)[nH]c(C(=O)Cn2nnc(-c3ccc(C)cc3)n2)c1C. The number of benzene rings is 1. The summed E-state index contributed by atoms with van der Waals surface area (Å²) in [7, 11) is 0. The van der Waals surface area contributed by atoms with Crippen LogP contribution in [0.2, 0.25) is 0 Å². The van der Waals surface area contributed by atoms with Gasteiger partial charge in [0.25, 0.3) is 0 Å². The highest BCUT2D eigenvalue weighted by molar-refractivity contribution is 6.03. The van der Waals surface area contributed by atoms with Crippen LogP contribution in [-0.4, -0.2) is 36.8 Å². The Labute approximate surface area is 145 Å². The summed E-state index contributed by atoms with van der Waals surface area (Å²) in [6.07, 6.45) is 0. The number of aromatic amines is 1. The van der Waals surface area contributed by atoms with Crippen molar-refractivity contribution < 1.29 is 9.59 Å². The molecular weight excluding hydrogens is 318 g/mol. The Morgan fingerprint density at radius 2 is 1.80 bits per heavy atom. The molecule has 2 aromatic heterocycles. The topological polar surface area (TPSA) is 93.5 Å². The first-order chi connectivity index (χ1) is 11.9. The van der Waals surface area contributed by atoms with E-state index in [0.717, 1.165) is 11.1 Å². The summed E-state index contributed by atoms with van der Waals surface area (Å²) < 4.78 is 0. The van der Waals surface area contributed by atoms with Gasteiger partial charge in [0.1, 0.15) is 6.54 Å². The van der Waals surface area contributed by atoms with Crippen molar-refractivity contribution >= 4 is 11.6 Å². The molecule has 128 valence electrons. The Morgan fingerprint density at radius 3 is 2.40 bits per heavy atom. The Balaban J connectivity index is 1.82. The highest BCUT2D eigenvalue weighted by Gasteiger charge is 2.20. The zero-order valence-corrected chi connectivity index (χ0v) is 14.6. The molecule has 0 aliphatic heterocycles. The quantitative estimate of drug-likeness (QED) is 0.722. The van der Waals surface area contributed by atoms with Gasteiger partial charge in [-0.2, -0.15) is 4.80 Å². The lowest BCUT2D eigenvalue weighted by molar-refractivity contribution is 0.0956. The van der Waals surface area contributed by atoms with Crippen molar-refractivity contribution in [1.29, 1.82) is 0 Å². The Bertz CT molecular complexity index is 951. The molecule has 7 nitrogen and oxygen atoms in total. The number of Topliss-reactive ketones (excluding diaryl/α,β-unsaturated/α-hetero) is 2. The van der Waals surface area contributed by atoms with E-state index < -0.39 is 0 Å². The minimum atomic E-state index is -0.194. The molecule has 1 N–H and O–H groups in total. The monoisotopic (exact) mass is 337 g/mol. The Kier molecular flexibility index (Phi) is 4.31. The number of nitrogens with one attached hydrogen (secondary N) is 1. The van der Waals surface area contributed by atoms with Gasteiger partial charge in [0, 0.05) is 16.8 Å².